The standard InChI is InChI=1S/C25H24F2N6O/c26-17-10-16(11-18(27)13-17)9-15-1-2-22-21(12-15)24(33-32-22)31-25(34)20-5-8-29-14-23(20)30-19-3-6-28-7-4-19/h1-2,5,8,10-14,19,28,30H,3-4,6-7,9H2,(H2,31,32,33,34). The number of carbonyl (C=O) groups excluding carboxylic acids is 1. The van der Waals surface area contributed by atoms with Gasteiger partial charge < -0.3 is 16.0 Å². The van der Waals surface area contributed by atoms with Crippen LogP contribution in [0, 0.1) is 11.6 Å². The minimum absolute atomic E-state index is 0.276. The number of carbonyl (C=O) groups is 1. The topological polar surface area (TPSA) is 94.7 Å². The summed E-state index contributed by atoms with van der Waals surface area (Å²) in [5.74, 6) is -1.14. The fourth-order valence-electron chi connectivity index (χ4n) is 4.28. The van der Waals surface area contributed by atoms with Gasteiger partial charge in [0.25, 0.3) is 5.91 Å². The van der Waals surface area contributed by atoms with Crippen LogP contribution in [0.15, 0.2) is 54.9 Å². The van der Waals surface area contributed by atoms with Crippen molar-refractivity contribution in [2.75, 3.05) is 23.7 Å². The first-order valence-corrected chi connectivity index (χ1v) is 11.2. The van der Waals surface area contributed by atoms with Gasteiger partial charge >= 0.3 is 0 Å². The van der Waals surface area contributed by atoms with Gasteiger partial charge in [0.2, 0.25) is 0 Å². The lowest BCUT2D eigenvalue weighted by Gasteiger charge is -2.25. The van der Waals surface area contributed by atoms with Gasteiger partial charge in [-0.05, 0) is 73.8 Å². The molecule has 1 aliphatic rings. The first kappa shape index (κ1) is 22.0. The summed E-state index contributed by atoms with van der Waals surface area (Å²) in [6.07, 6.45) is 5.53. The molecule has 0 spiro atoms. The number of nitrogens with one attached hydrogen (secondary N) is 4. The van der Waals surface area contributed by atoms with E-state index in [0.29, 0.717) is 34.4 Å². The summed E-state index contributed by atoms with van der Waals surface area (Å²) in [4.78, 5) is 17.3. The number of amides is 1. The van der Waals surface area contributed by atoms with Crippen molar-refractivity contribution in [2.45, 2.75) is 25.3 Å². The highest BCUT2D eigenvalue weighted by atomic mass is 19.1. The van der Waals surface area contributed by atoms with E-state index in [9.17, 15) is 13.6 Å². The number of hydrogen-bond donors (Lipinski definition) is 4. The zero-order valence-electron chi connectivity index (χ0n) is 18.4. The van der Waals surface area contributed by atoms with Crippen molar-refractivity contribution in [3.05, 3.63) is 83.2 Å². The monoisotopic (exact) mass is 462 g/mol. The Morgan fingerprint density at radius 1 is 1.03 bits per heavy atom. The van der Waals surface area contributed by atoms with Crippen LogP contribution in [0.2, 0.25) is 0 Å². The summed E-state index contributed by atoms with van der Waals surface area (Å²) in [6, 6.07) is 11.0. The van der Waals surface area contributed by atoms with Gasteiger partial charge in [0, 0.05) is 23.7 Å². The molecule has 2 aromatic carbocycles. The fourth-order valence-corrected chi connectivity index (χ4v) is 4.28. The quantitative estimate of drug-likeness (QED) is 0.344. The second-order valence-electron chi connectivity index (χ2n) is 8.45. The van der Waals surface area contributed by atoms with Crippen LogP contribution < -0.4 is 16.0 Å². The van der Waals surface area contributed by atoms with Crippen LogP contribution in [-0.2, 0) is 6.42 Å². The van der Waals surface area contributed by atoms with Gasteiger partial charge in [-0.3, -0.25) is 14.9 Å². The van der Waals surface area contributed by atoms with E-state index in [-0.39, 0.29) is 11.9 Å². The van der Waals surface area contributed by atoms with Crippen molar-refractivity contribution < 1.29 is 13.6 Å². The minimum atomic E-state index is -0.612. The number of pyridine rings is 1. The van der Waals surface area contributed by atoms with Crippen LogP contribution in [0.5, 0.6) is 0 Å². The number of H-pyrrole nitrogens is 1. The maximum atomic E-state index is 13.6. The molecule has 7 nitrogen and oxygen atoms in total. The van der Waals surface area contributed by atoms with E-state index in [1.807, 2.05) is 18.2 Å². The molecule has 2 aromatic heterocycles. The lowest BCUT2D eigenvalue weighted by Crippen LogP contribution is -2.35. The van der Waals surface area contributed by atoms with E-state index >= 15 is 0 Å². The third kappa shape index (κ3) is 4.89. The van der Waals surface area contributed by atoms with Gasteiger partial charge in [-0.15, -0.1) is 0 Å². The van der Waals surface area contributed by atoms with Crippen LogP contribution in [0.3, 0.4) is 0 Å². The highest BCUT2D eigenvalue weighted by Crippen LogP contribution is 2.25. The zero-order valence-corrected chi connectivity index (χ0v) is 18.4. The summed E-state index contributed by atoms with van der Waals surface area (Å²) in [5, 5.41) is 17.5. The van der Waals surface area contributed by atoms with Gasteiger partial charge in [0.15, 0.2) is 5.82 Å². The lowest BCUT2D eigenvalue weighted by atomic mass is 10.0. The zero-order chi connectivity index (χ0) is 23.5. The van der Waals surface area contributed by atoms with E-state index < -0.39 is 11.6 Å². The van der Waals surface area contributed by atoms with Gasteiger partial charge in [0.05, 0.1) is 23.0 Å². The number of fused-ring (bicyclic) bond motifs is 1. The van der Waals surface area contributed by atoms with E-state index in [2.05, 4.69) is 31.1 Å². The number of piperidine rings is 1. The van der Waals surface area contributed by atoms with E-state index in [0.717, 1.165) is 43.1 Å². The number of aromatic amines is 1. The summed E-state index contributed by atoms with van der Waals surface area (Å²) in [7, 11) is 0. The van der Waals surface area contributed by atoms with E-state index in [1.54, 1.807) is 18.5 Å². The summed E-state index contributed by atoms with van der Waals surface area (Å²) in [6.45, 7) is 1.87. The fraction of sp³-hybridized carbons (Fsp3) is 0.240. The number of nitrogens with zero attached hydrogens (tertiary/aromatic N) is 2. The number of aromatic nitrogens is 3. The molecular weight excluding hydrogens is 438 g/mol. The molecule has 4 N–H and O–H groups in total. The first-order chi connectivity index (χ1) is 16.5. The van der Waals surface area contributed by atoms with E-state index in [4.69, 9.17) is 0 Å². The van der Waals surface area contributed by atoms with Crippen LogP contribution in [0.4, 0.5) is 20.3 Å². The third-order valence-corrected chi connectivity index (χ3v) is 5.95. The number of rotatable bonds is 6. The Morgan fingerprint density at radius 3 is 2.62 bits per heavy atom. The maximum absolute atomic E-state index is 13.6. The molecule has 4 aromatic rings. The number of hydrogen-bond acceptors (Lipinski definition) is 5. The Kier molecular flexibility index (Phi) is 6.18. The lowest BCUT2D eigenvalue weighted by molar-refractivity contribution is 0.102. The molecule has 34 heavy (non-hydrogen) atoms. The third-order valence-electron chi connectivity index (χ3n) is 5.95. The van der Waals surface area contributed by atoms with Crippen molar-refractivity contribution in [1.82, 2.24) is 20.5 Å². The molecule has 174 valence electrons. The Morgan fingerprint density at radius 2 is 1.82 bits per heavy atom. The van der Waals surface area contributed by atoms with Crippen LogP contribution in [0.25, 0.3) is 10.9 Å². The van der Waals surface area contributed by atoms with Crippen LogP contribution in [-0.4, -0.2) is 40.2 Å². The first-order valence-electron chi connectivity index (χ1n) is 11.2. The number of halogens is 2. The SMILES string of the molecule is O=C(Nc1n[nH]c2ccc(Cc3cc(F)cc(F)c3)cc12)c1ccncc1NC1CCNCC1. The molecule has 0 unspecified atom stereocenters. The second-order valence-corrected chi connectivity index (χ2v) is 8.45. The summed E-state index contributed by atoms with van der Waals surface area (Å²) in [5.41, 5.74) is 3.27. The predicted molar refractivity (Wildman–Crippen MR) is 127 cm³/mol. The Balaban J connectivity index is 1.37. The van der Waals surface area contributed by atoms with Crippen molar-refractivity contribution in [2.24, 2.45) is 0 Å². The molecule has 1 amide bonds. The van der Waals surface area contributed by atoms with Gasteiger partial charge in [-0.2, -0.15) is 5.10 Å². The normalized spacial score (nSPS) is 14.3. The Bertz CT molecular complexity index is 1310. The average Bonchev–Trinajstić information content (AvgIpc) is 3.21. The molecule has 3 heterocycles. The largest absolute Gasteiger partial charge is 0.380 e. The molecule has 1 saturated heterocycles. The van der Waals surface area contributed by atoms with Crippen molar-refractivity contribution in [1.29, 1.82) is 0 Å². The van der Waals surface area contributed by atoms with Gasteiger partial charge in [0.1, 0.15) is 11.6 Å². The van der Waals surface area contributed by atoms with E-state index in [1.165, 1.54) is 12.1 Å². The molecule has 0 atom stereocenters. The number of anilines is 2. The highest BCUT2D eigenvalue weighted by Gasteiger charge is 2.19. The summed E-state index contributed by atoms with van der Waals surface area (Å²) >= 11 is 0. The smallest absolute Gasteiger partial charge is 0.259 e. The molecule has 5 rings (SSSR count). The Labute approximate surface area is 195 Å². The minimum Gasteiger partial charge on any atom is -0.380 e. The molecule has 9 heteroatoms. The van der Waals surface area contributed by atoms with Crippen molar-refractivity contribution in [3.63, 3.8) is 0 Å². The van der Waals surface area contributed by atoms with Crippen LogP contribution >= 0.6 is 0 Å². The highest BCUT2D eigenvalue weighted by molar-refractivity contribution is 6.10. The molecule has 0 radical (unpaired) electrons. The summed E-state index contributed by atoms with van der Waals surface area (Å²) < 4.78 is 27.1. The molecule has 0 aliphatic carbocycles. The van der Waals surface area contributed by atoms with Gasteiger partial charge in [-0.25, -0.2) is 8.78 Å². The molecular formula is C25H24F2N6O. The van der Waals surface area contributed by atoms with Gasteiger partial charge in [-0.1, -0.05) is 6.07 Å². The van der Waals surface area contributed by atoms with Crippen molar-refractivity contribution >= 4 is 28.3 Å². The predicted octanol–water partition coefficient (Wildman–Crippen LogP) is 4.24. The average molecular weight is 463 g/mol. The number of benzene rings is 2. The molecule has 0 saturated carbocycles. The Hall–Kier alpha value is -3.85. The second kappa shape index (κ2) is 9.56. The molecule has 1 aliphatic heterocycles. The maximum Gasteiger partial charge on any atom is 0.259 e. The van der Waals surface area contributed by atoms with Crippen LogP contribution in [0.1, 0.15) is 34.3 Å². The van der Waals surface area contributed by atoms with Crippen molar-refractivity contribution in [3.8, 4) is 0 Å². The molecule has 1 fully saturated rings. The molecule has 0 bridgehead atoms.